The van der Waals surface area contributed by atoms with Gasteiger partial charge in [0.15, 0.2) is 0 Å². The highest BCUT2D eigenvalue weighted by atomic mass is 32.1. The maximum absolute atomic E-state index is 3.76. The van der Waals surface area contributed by atoms with E-state index >= 15 is 0 Å². The third kappa shape index (κ3) is 1.81. The molecule has 1 aromatic rings. The van der Waals surface area contributed by atoms with E-state index in [9.17, 15) is 0 Å². The molecule has 0 fully saturated rings. The largest absolute Gasteiger partial charge is 0.357 e. The van der Waals surface area contributed by atoms with E-state index < -0.39 is 0 Å². The van der Waals surface area contributed by atoms with Gasteiger partial charge < -0.3 is 5.32 Å². The van der Waals surface area contributed by atoms with Gasteiger partial charge in [0.2, 0.25) is 5.13 Å². The van der Waals surface area contributed by atoms with E-state index in [-0.39, 0.29) is 0 Å². The lowest BCUT2D eigenvalue weighted by molar-refractivity contribution is 1.08. The molecule has 1 N–H and O–H groups in total. The minimum atomic E-state index is 0.745. The highest BCUT2D eigenvalue weighted by Gasteiger charge is 1.88. The number of hydrogen-bond donors (Lipinski definition) is 1. The Morgan fingerprint density at radius 2 is 2.78 bits per heavy atom. The Morgan fingerprint density at radius 1 is 1.89 bits per heavy atom. The Balaban J connectivity index is 2.38. The summed E-state index contributed by atoms with van der Waals surface area (Å²) in [5.41, 5.74) is 1.69. The van der Waals surface area contributed by atoms with Crippen LogP contribution in [0, 0.1) is 0 Å². The SMILES string of the molecule is C=CCNc1nncs1. The summed E-state index contributed by atoms with van der Waals surface area (Å²) in [5.74, 6) is 0. The number of anilines is 1. The number of nitrogens with zero attached hydrogens (tertiary/aromatic N) is 2. The summed E-state index contributed by atoms with van der Waals surface area (Å²) in [6, 6.07) is 0. The van der Waals surface area contributed by atoms with Gasteiger partial charge in [-0.15, -0.1) is 16.8 Å². The molecule has 0 saturated carbocycles. The van der Waals surface area contributed by atoms with E-state index in [0.717, 1.165) is 11.7 Å². The van der Waals surface area contributed by atoms with Crippen LogP contribution in [0.3, 0.4) is 0 Å². The zero-order valence-electron chi connectivity index (χ0n) is 4.87. The molecule has 0 aliphatic rings. The van der Waals surface area contributed by atoms with Gasteiger partial charge in [0, 0.05) is 6.54 Å². The van der Waals surface area contributed by atoms with Crippen molar-refractivity contribution >= 4 is 16.5 Å². The van der Waals surface area contributed by atoms with E-state index in [0.29, 0.717) is 0 Å². The molecular formula is C5H7N3S. The zero-order chi connectivity index (χ0) is 6.53. The van der Waals surface area contributed by atoms with E-state index in [1.807, 2.05) is 0 Å². The summed E-state index contributed by atoms with van der Waals surface area (Å²) < 4.78 is 0. The number of aromatic nitrogens is 2. The monoisotopic (exact) mass is 141 g/mol. The van der Waals surface area contributed by atoms with Crippen LogP contribution in [-0.2, 0) is 0 Å². The van der Waals surface area contributed by atoms with Crippen LogP contribution < -0.4 is 5.32 Å². The second-order valence-corrected chi connectivity index (χ2v) is 2.25. The molecular weight excluding hydrogens is 134 g/mol. The number of nitrogens with one attached hydrogen (secondary N) is 1. The summed E-state index contributed by atoms with van der Waals surface area (Å²) in [7, 11) is 0. The maximum atomic E-state index is 3.76. The van der Waals surface area contributed by atoms with Crippen molar-refractivity contribution in [3.05, 3.63) is 18.2 Å². The van der Waals surface area contributed by atoms with Crippen molar-refractivity contribution in [1.29, 1.82) is 0 Å². The van der Waals surface area contributed by atoms with Crippen LogP contribution in [0.15, 0.2) is 18.2 Å². The molecule has 9 heavy (non-hydrogen) atoms. The topological polar surface area (TPSA) is 37.8 Å². The Hall–Kier alpha value is -0.900. The molecule has 0 aliphatic heterocycles. The van der Waals surface area contributed by atoms with Crippen molar-refractivity contribution in [2.45, 2.75) is 0 Å². The van der Waals surface area contributed by atoms with Crippen LogP contribution in [0.4, 0.5) is 5.13 Å². The van der Waals surface area contributed by atoms with Crippen molar-refractivity contribution in [1.82, 2.24) is 10.2 Å². The van der Waals surface area contributed by atoms with Crippen LogP contribution in [0.5, 0.6) is 0 Å². The van der Waals surface area contributed by atoms with Gasteiger partial charge in [-0.1, -0.05) is 17.4 Å². The molecule has 0 saturated heterocycles. The van der Waals surface area contributed by atoms with E-state index in [1.54, 1.807) is 11.6 Å². The quantitative estimate of drug-likeness (QED) is 0.641. The predicted octanol–water partition coefficient (Wildman–Crippen LogP) is 1.14. The normalized spacial score (nSPS) is 8.89. The molecule has 0 aliphatic carbocycles. The zero-order valence-corrected chi connectivity index (χ0v) is 5.69. The molecule has 0 spiro atoms. The van der Waals surface area contributed by atoms with Crippen molar-refractivity contribution in [2.24, 2.45) is 0 Å². The summed E-state index contributed by atoms with van der Waals surface area (Å²) in [6.45, 7) is 4.30. The fourth-order valence-electron chi connectivity index (χ4n) is 0.410. The first kappa shape index (κ1) is 6.22. The van der Waals surface area contributed by atoms with Crippen LogP contribution >= 0.6 is 11.3 Å². The lowest BCUT2D eigenvalue weighted by Gasteiger charge is -1.91. The van der Waals surface area contributed by atoms with E-state index in [2.05, 4.69) is 22.1 Å². The van der Waals surface area contributed by atoms with Crippen LogP contribution in [0.1, 0.15) is 0 Å². The van der Waals surface area contributed by atoms with Crippen molar-refractivity contribution in [3.63, 3.8) is 0 Å². The summed E-state index contributed by atoms with van der Waals surface area (Å²) >= 11 is 1.48. The van der Waals surface area contributed by atoms with Gasteiger partial charge in [0.1, 0.15) is 5.51 Å². The van der Waals surface area contributed by atoms with Gasteiger partial charge in [-0.3, -0.25) is 0 Å². The van der Waals surface area contributed by atoms with Gasteiger partial charge in [0.25, 0.3) is 0 Å². The van der Waals surface area contributed by atoms with Gasteiger partial charge in [-0.25, -0.2) is 0 Å². The molecule has 1 aromatic heterocycles. The number of hydrogen-bond acceptors (Lipinski definition) is 4. The van der Waals surface area contributed by atoms with Gasteiger partial charge in [-0.05, 0) is 0 Å². The molecule has 0 aromatic carbocycles. The van der Waals surface area contributed by atoms with E-state index in [4.69, 9.17) is 0 Å². The third-order valence-corrected chi connectivity index (χ3v) is 1.41. The first-order valence-electron chi connectivity index (χ1n) is 2.54. The average Bonchev–Trinajstić information content (AvgIpc) is 2.34. The number of rotatable bonds is 3. The minimum Gasteiger partial charge on any atom is -0.357 e. The Kier molecular flexibility index (Phi) is 2.21. The Labute approximate surface area is 57.4 Å². The standard InChI is InChI=1S/C5H7N3S/c1-2-3-6-5-8-7-4-9-5/h2,4H,1,3H2,(H,6,8). The molecule has 3 nitrogen and oxygen atoms in total. The van der Waals surface area contributed by atoms with Gasteiger partial charge in [0.05, 0.1) is 0 Å². The molecule has 1 rings (SSSR count). The molecule has 48 valence electrons. The van der Waals surface area contributed by atoms with Crippen molar-refractivity contribution < 1.29 is 0 Å². The fourth-order valence-corrected chi connectivity index (χ4v) is 0.865. The van der Waals surface area contributed by atoms with Crippen LogP contribution in [-0.4, -0.2) is 16.7 Å². The van der Waals surface area contributed by atoms with Crippen molar-refractivity contribution in [2.75, 3.05) is 11.9 Å². The summed E-state index contributed by atoms with van der Waals surface area (Å²) in [5, 5.41) is 11.3. The maximum Gasteiger partial charge on any atom is 0.205 e. The smallest absolute Gasteiger partial charge is 0.205 e. The molecule has 0 amide bonds. The van der Waals surface area contributed by atoms with Crippen LogP contribution in [0.25, 0.3) is 0 Å². The summed E-state index contributed by atoms with van der Waals surface area (Å²) in [4.78, 5) is 0. The fraction of sp³-hybridized carbons (Fsp3) is 0.200. The Morgan fingerprint density at radius 3 is 3.33 bits per heavy atom. The van der Waals surface area contributed by atoms with Gasteiger partial charge >= 0.3 is 0 Å². The average molecular weight is 141 g/mol. The van der Waals surface area contributed by atoms with Crippen molar-refractivity contribution in [3.8, 4) is 0 Å². The molecule has 1 heterocycles. The second-order valence-electron chi connectivity index (χ2n) is 1.41. The highest BCUT2D eigenvalue weighted by Crippen LogP contribution is 2.06. The lowest BCUT2D eigenvalue weighted by Crippen LogP contribution is -1.96. The predicted molar refractivity (Wildman–Crippen MR) is 38.6 cm³/mol. The third-order valence-electron chi connectivity index (χ3n) is 0.758. The lowest BCUT2D eigenvalue weighted by atomic mass is 10.6. The molecule has 0 unspecified atom stereocenters. The second kappa shape index (κ2) is 3.19. The summed E-state index contributed by atoms with van der Waals surface area (Å²) in [6.07, 6.45) is 1.78. The highest BCUT2D eigenvalue weighted by molar-refractivity contribution is 7.13. The first-order chi connectivity index (χ1) is 4.43. The first-order valence-corrected chi connectivity index (χ1v) is 3.42. The molecule has 0 bridgehead atoms. The molecule has 0 radical (unpaired) electrons. The van der Waals surface area contributed by atoms with Crippen LogP contribution in [0.2, 0.25) is 0 Å². The molecule has 0 atom stereocenters. The van der Waals surface area contributed by atoms with E-state index in [1.165, 1.54) is 11.3 Å². The minimum absolute atomic E-state index is 0.745. The molecule has 4 heteroatoms. The Bertz CT molecular complexity index is 170. The van der Waals surface area contributed by atoms with Gasteiger partial charge in [-0.2, -0.15) is 0 Å².